The topological polar surface area (TPSA) is 52.6 Å². The smallest absolute Gasteiger partial charge is 0.329 e. The molecule has 0 heterocycles. The van der Waals surface area contributed by atoms with Crippen LogP contribution in [0.3, 0.4) is 0 Å². The van der Waals surface area contributed by atoms with Gasteiger partial charge in [-0.3, -0.25) is 9.59 Å². The summed E-state index contributed by atoms with van der Waals surface area (Å²) in [5.74, 6) is -0.719. The average molecular weight is 431 g/mol. The van der Waals surface area contributed by atoms with Crippen LogP contribution >= 0.6 is 0 Å². The van der Waals surface area contributed by atoms with E-state index in [9.17, 15) is 9.59 Å². The molecular weight excluding hydrogens is 400 g/mol. The molecule has 3 aromatic rings. The fourth-order valence-electron chi connectivity index (χ4n) is 4.25. The zero-order valence-electron chi connectivity index (χ0n) is 18.9. The van der Waals surface area contributed by atoms with Crippen molar-refractivity contribution >= 4 is 11.9 Å². The number of carbonyl (C=O) groups excluding carboxylic acids is 2. The Hall–Kier alpha value is -3.40. The van der Waals surface area contributed by atoms with Crippen LogP contribution < -0.4 is 9.47 Å². The first-order valence-electron chi connectivity index (χ1n) is 11.1. The maximum atomic E-state index is 13.9. The normalized spacial score (nSPS) is 12.2. The minimum atomic E-state index is -1.50. The fourth-order valence-corrected chi connectivity index (χ4v) is 4.25. The van der Waals surface area contributed by atoms with E-state index >= 15 is 0 Å². The number of ether oxygens (including phenoxy) is 2. The molecule has 0 amide bonds. The second-order valence-electron chi connectivity index (χ2n) is 8.35. The predicted octanol–water partition coefficient (Wildman–Crippen LogP) is 6.42. The molecule has 0 N–H and O–H groups in total. The fraction of sp³-hybridized carbons (Fsp3) is 0.286. The molecule has 0 aliphatic heterocycles. The van der Waals surface area contributed by atoms with E-state index in [4.69, 9.17) is 9.47 Å². The van der Waals surface area contributed by atoms with Gasteiger partial charge in [-0.2, -0.15) is 0 Å². The summed E-state index contributed by atoms with van der Waals surface area (Å²) in [6.45, 7) is 5.98. The number of benzene rings is 3. The van der Waals surface area contributed by atoms with Crippen molar-refractivity contribution in [2.45, 2.75) is 39.5 Å². The first kappa shape index (κ1) is 23.3. The highest BCUT2D eigenvalue weighted by Gasteiger charge is 2.55. The van der Waals surface area contributed by atoms with E-state index in [1.165, 1.54) is 0 Å². The van der Waals surface area contributed by atoms with Crippen molar-refractivity contribution in [1.29, 1.82) is 0 Å². The van der Waals surface area contributed by atoms with Crippen LogP contribution in [-0.2, 0) is 9.59 Å². The zero-order chi connectivity index (χ0) is 23.0. The van der Waals surface area contributed by atoms with Gasteiger partial charge in [0.25, 0.3) is 0 Å². The lowest BCUT2D eigenvalue weighted by molar-refractivity contribution is -0.165. The van der Waals surface area contributed by atoms with Crippen LogP contribution in [0.5, 0.6) is 11.5 Å². The van der Waals surface area contributed by atoms with Crippen molar-refractivity contribution < 1.29 is 19.1 Å². The molecule has 4 heteroatoms. The van der Waals surface area contributed by atoms with E-state index in [-0.39, 0.29) is 5.92 Å². The molecule has 0 bridgehead atoms. The van der Waals surface area contributed by atoms with Gasteiger partial charge < -0.3 is 9.47 Å². The SMILES string of the molecule is CCC(c1ccccc1)C(CC(C)C)(C(=O)Oc1ccccc1)C(=O)Oc1ccccc1. The van der Waals surface area contributed by atoms with E-state index in [1.54, 1.807) is 48.5 Å². The summed E-state index contributed by atoms with van der Waals surface area (Å²) in [6, 6.07) is 27.4. The third kappa shape index (κ3) is 5.25. The second-order valence-corrected chi connectivity index (χ2v) is 8.35. The second kappa shape index (κ2) is 10.8. The molecule has 4 nitrogen and oxygen atoms in total. The number of rotatable bonds is 9. The lowest BCUT2D eigenvalue weighted by atomic mass is 9.66. The lowest BCUT2D eigenvalue weighted by Crippen LogP contribution is -2.50. The maximum absolute atomic E-state index is 13.9. The predicted molar refractivity (Wildman–Crippen MR) is 126 cm³/mol. The summed E-state index contributed by atoms with van der Waals surface area (Å²) in [5, 5.41) is 0. The standard InChI is InChI=1S/C28H30O4/c1-4-25(22-14-8-5-9-15-22)28(20-21(2)3,26(29)31-23-16-10-6-11-17-23)27(30)32-24-18-12-7-13-19-24/h5-19,21,25H,4,20H2,1-3H3. The monoisotopic (exact) mass is 430 g/mol. The molecular formula is C28H30O4. The van der Waals surface area contributed by atoms with Crippen LogP contribution in [0.4, 0.5) is 0 Å². The summed E-state index contributed by atoms with van der Waals surface area (Å²) in [5.41, 5.74) is -0.596. The Bertz CT molecular complexity index is 944. The van der Waals surface area contributed by atoms with Gasteiger partial charge in [-0.25, -0.2) is 0 Å². The largest absolute Gasteiger partial charge is 0.426 e. The molecule has 1 unspecified atom stereocenters. The number of esters is 2. The van der Waals surface area contributed by atoms with E-state index in [0.717, 1.165) is 5.56 Å². The van der Waals surface area contributed by atoms with Crippen LogP contribution in [0.2, 0.25) is 0 Å². The molecule has 166 valence electrons. The van der Waals surface area contributed by atoms with Crippen LogP contribution in [0, 0.1) is 11.3 Å². The lowest BCUT2D eigenvalue weighted by Gasteiger charge is -2.37. The third-order valence-corrected chi connectivity index (χ3v) is 5.57. The molecule has 0 spiro atoms. The molecule has 3 aromatic carbocycles. The Morgan fingerprint density at radius 1 is 0.719 bits per heavy atom. The highest BCUT2D eigenvalue weighted by atomic mass is 16.6. The van der Waals surface area contributed by atoms with E-state index < -0.39 is 23.3 Å². The van der Waals surface area contributed by atoms with E-state index in [1.807, 2.05) is 63.2 Å². The zero-order valence-corrected chi connectivity index (χ0v) is 18.9. The number of hydrogen-bond donors (Lipinski definition) is 0. The van der Waals surface area contributed by atoms with E-state index in [2.05, 4.69) is 0 Å². The van der Waals surface area contributed by atoms with Crippen LogP contribution in [0.1, 0.15) is 45.1 Å². The van der Waals surface area contributed by atoms with Gasteiger partial charge in [0, 0.05) is 5.92 Å². The van der Waals surface area contributed by atoms with Crippen LogP contribution in [0.25, 0.3) is 0 Å². The van der Waals surface area contributed by atoms with Gasteiger partial charge >= 0.3 is 11.9 Å². The van der Waals surface area contributed by atoms with Gasteiger partial charge in [0.05, 0.1) is 0 Å². The molecule has 0 saturated heterocycles. The molecule has 0 radical (unpaired) electrons. The van der Waals surface area contributed by atoms with Crippen molar-refractivity contribution in [3.8, 4) is 11.5 Å². The Morgan fingerprint density at radius 3 is 1.50 bits per heavy atom. The Labute approximate surface area is 190 Å². The molecule has 0 aromatic heterocycles. The van der Waals surface area contributed by atoms with Crippen molar-refractivity contribution in [2.75, 3.05) is 0 Å². The van der Waals surface area contributed by atoms with E-state index in [0.29, 0.717) is 24.3 Å². The van der Waals surface area contributed by atoms with Crippen LogP contribution in [0.15, 0.2) is 91.0 Å². The minimum Gasteiger partial charge on any atom is -0.426 e. The number of hydrogen-bond acceptors (Lipinski definition) is 4. The van der Waals surface area contributed by atoms with Gasteiger partial charge in [0.2, 0.25) is 0 Å². The van der Waals surface area contributed by atoms with Crippen molar-refractivity contribution in [3.05, 3.63) is 96.6 Å². The Kier molecular flexibility index (Phi) is 7.82. The van der Waals surface area contributed by atoms with Gasteiger partial charge in [-0.05, 0) is 48.6 Å². The van der Waals surface area contributed by atoms with Crippen molar-refractivity contribution in [2.24, 2.45) is 11.3 Å². The molecule has 3 rings (SSSR count). The summed E-state index contributed by atoms with van der Waals surface area (Å²) >= 11 is 0. The molecule has 1 atom stereocenters. The minimum absolute atomic E-state index is 0.0550. The third-order valence-electron chi connectivity index (χ3n) is 5.57. The quantitative estimate of drug-likeness (QED) is 0.223. The summed E-state index contributed by atoms with van der Waals surface area (Å²) in [7, 11) is 0. The highest BCUT2D eigenvalue weighted by molar-refractivity contribution is 6.03. The first-order chi connectivity index (χ1) is 15.5. The van der Waals surface area contributed by atoms with Gasteiger partial charge in [0.15, 0.2) is 5.41 Å². The summed E-state index contributed by atoms with van der Waals surface area (Å²) in [4.78, 5) is 27.7. The summed E-state index contributed by atoms with van der Waals surface area (Å²) < 4.78 is 11.6. The maximum Gasteiger partial charge on any atom is 0.329 e. The van der Waals surface area contributed by atoms with Crippen molar-refractivity contribution in [1.82, 2.24) is 0 Å². The summed E-state index contributed by atoms with van der Waals surface area (Å²) in [6.07, 6.45) is 0.877. The highest BCUT2D eigenvalue weighted by Crippen LogP contribution is 2.46. The average Bonchev–Trinajstić information content (AvgIpc) is 2.80. The molecule has 0 fully saturated rings. The first-order valence-corrected chi connectivity index (χ1v) is 11.1. The molecule has 32 heavy (non-hydrogen) atoms. The Balaban J connectivity index is 2.12. The van der Waals surface area contributed by atoms with Gasteiger partial charge in [-0.15, -0.1) is 0 Å². The van der Waals surface area contributed by atoms with Gasteiger partial charge in [0.1, 0.15) is 11.5 Å². The molecule has 0 saturated carbocycles. The number of carbonyl (C=O) groups is 2. The van der Waals surface area contributed by atoms with Gasteiger partial charge in [-0.1, -0.05) is 87.5 Å². The van der Waals surface area contributed by atoms with Crippen molar-refractivity contribution in [3.63, 3.8) is 0 Å². The number of para-hydroxylation sites is 2. The molecule has 0 aliphatic rings. The molecule has 0 aliphatic carbocycles. The Morgan fingerprint density at radius 2 is 1.12 bits per heavy atom. The van der Waals surface area contributed by atoms with Crippen LogP contribution in [-0.4, -0.2) is 11.9 Å².